The lowest BCUT2D eigenvalue weighted by atomic mass is 9.95. The SMILES string of the molecule is CCOC(=O)C1=C(C)NC(=O)N[C@H]1c1ccc(OCC(=O)N/N=C/c2cc(Cl)cc(Cl)c2OCc2ccccc2C#N)c(OC)c1. The van der Waals surface area contributed by atoms with E-state index in [1.54, 1.807) is 62.4 Å². The minimum absolute atomic E-state index is 0.0663. The van der Waals surface area contributed by atoms with Crippen molar-refractivity contribution in [2.75, 3.05) is 20.3 Å². The summed E-state index contributed by atoms with van der Waals surface area (Å²) < 4.78 is 22.2. The van der Waals surface area contributed by atoms with Gasteiger partial charge in [0.15, 0.2) is 18.1 Å². The minimum Gasteiger partial charge on any atom is -0.493 e. The number of nitriles is 1. The van der Waals surface area contributed by atoms with Gasteiger partial charge in [-0.2, -0.15) is 10.4 Å². The van der Waals surface area contributed by atoms with E-state index in [1.165, 1.54) is 19.4 Å². The maximum absolute atomic E-state index is 12.6. The Bertz CT molecular complexity index is 1750. The molecule has 0 aromatic heterocycles. The number of nitrogens with one attached hydrogen (secondary N) is 3. The average molecular weight is 667 g/mol. The van der Waals surface area contributed by atoms with Gasteiger partial charge in [0, 0.05) is 21.8 Å². The van der Waals surface area contributed by atoms with Crippen molar-refractivity contribution >= 4 is 47.3 Å². The van der Waals surface area contributed by atoms with Gasteiger partial charge in [-0.1, -0.05) is 47.5 Å². The molecule has 14 heteroatoms. The summed E-state index contributed by atoms with van der Waals surface area (Å²) in [7, 11) is 1.42. The number of hydrogen-bond acceptors (Lipinski definition) is 9. The van der Waals surface area contributed by atoms with E-state index < -0.39 is 30.6 Å². The fourth-order valence-corrected chi connectivity index (χ4v) is 5.05. The predicted molar refractivity (Wildman–Crippen MR) is 170 cm³/mol. The second kappa shape index (κ2) is 15.7. The first-order valence-corrected chi connectivity index (χ1v) is 14.6. The number of halogens is 2. The zero-order valence-electron chi connectivity index (χ0n) is 25.0. The van der Waals surface area contributed by atoms with Gasteiger partial charge in [0.05, 0.1) is 48.2 Å². The maximum Gasteiger partial charge on any atom is 0.338 e. The molecule has 1 heterocycles. The molecule has 12 nitrogen and oxygen atoms in total. The normalized spacial score (nSPS) is 14.2. The van der Waals surface area contributed by atoms with Gasteiger partial charge in [-0.25, -0.2) is 15.0 Å². The van der Waals surface area contributed by atoms with Crippen molar-refractivity contribution in [2.45, 2.75) is 26.5 Å². The molecule has 0 saturated heterocycles. The second-order valence-corrected chi connectivity index (χ2v) is 10.5. The van der Waals surface area contributed by atoms with Crippen molar-refractivity contribution in [3.63, 3.8) is 0 Å². The molecule has 3 N–H and O–H groups in total. The lowest BCUT2D eigenvalue weighted by molar-refractivity contribution is -0.139. The molecule has 3 amide bonds. The molecule has 0 radical (unpaired) electrons. The molecular formula is C32H29Cl2N5O7. The standard InChI is InChI=1S/C32H29Cl2N5O7/c1-4-44-31(41)28-18(2)37-32(42)38-29(28)19-9-10-25(26(12-19)43-3)45-17-27(40)39-36-15-22-11-23(33)13-24(34)30(22)46-16-21-8-6-5-7-20(21)14-35/h5-13,15,29H,4,16-17H2,1-3H3,(H,39,40)(H2,37,38,42)/b36-15+/t29-/m0/s1. The van der Waals surface area contributed by atoms with Gasteiger partial charge in [0.25, 0.3) is 5.91 Å². The van der Waals surface area contributed by atoms with Crippen molar-refractivity contribution < 1.29 is 33.3 Å². The smallest absolute Gasteiger partial charge is 0.338 e. The van der Waals surface area contributed by atoms with Crippen molar-refractivity contribution in [1.29, 1.82) is 5.26 Å². The van der Waals surface area contributed by atoms with Crippen molar-refractivity contribution in [3.05, 3.63) is 98.2 Å². The first kappa shape index (κ1) is 33.6. The van der Waals surface area contributed by atoms with Crippen LogP contribution in [0.25, 0.3) is 0 Å². The molecule has 1 aliphatic heterocycles. The molecule has 0 spiro atoms. The Morgan fingerprint density at radius 2 is 1.89 bits per heavy atom. The molecule has 0 bridgehead atoms. The Hall–Kier alpha value is -5.25. The van der Waals surface area contributed by atoms with Crippen LogP contribution in [0.3, 0.4) is 0 Å². The molecule has 3 aromatic rings. The van der Waals surface area contributed by atoms with Crippen molar-refractivity contribution in [2.24, 2.45) is 5.10 Å². The van der Waals surface area contributed by atoms with Gasteiger partial charge in [0.2, 0.25) is 0 Å². The Kier molecular flexibility index (Phi) is 11.4. The number of esters is 1. The summed E-state index contributed by atoms with van der Waals surface area (Å²) in [6.45, 7) is 3.11. The highest BCUT2D eigenvalue weighted by Crippen LogP contribution is 2.35. The van der Waals surface area contributed by atoms with E-state index in [-0.39, 0.29) is 41.1 Å². The van der Waals surface area contributed by atoms with Crippen LogP contribution in [0.1, 0.15) is 42.1 Å². The number of urea groups is 1. The monoisotopic (exact) mass is 665 g/mol. The summed E-state index contributed by atoms with van der Waals surface area (Å²) in [6.07, 6.45) is 1.32. The van der Waals surface area contributed by atoms with E-state index in [1.807, 2.05) is 0 Å². The Morgan fingerprint density at radius 3 is 2.63 bits per heavy atom. The molecule has 0 fully saturated rings. The number of rotatable bonds is 12. The minimum atomic E-state index is -0.802. The molecular weight excluding hydrogens is 637 g/mol. The van der Waals surface area contributed by atoms with Gasteiger partial charge in [0.1, 0.15) is 12.4 Å². The summed E-state index contributed by atoms with van der Waals surface area (Å²) in [6, 6.07) is 15.7. The number of carbonyl (C=O) groups excluding carboxylic acids is 3. The van der Waals surface area contributed by atoms with Crippen LogP contribution in [0.5, 0.6) is 17.2 Å². The molecule has 1 aliphatic rings. The molecule has 0 aliphatic carbocycles. The molecule has 0 unspecified atom stereocenters. The zero-order valence-corrected chi connectivity index (χ0v) is 26.5. The first-order chi connectivity index (χ1) is 22.1. The quantitative estimate of drug-likeness (QED) is 0.136. The van der Waals surface area contributed by atoms with E-state index in [4.69, 9.17) is 42.1 Å². The Labute approximate surface area is 274 Å². The Balaban J connectivity index is 1.42. The highest BCUT2D eigenvalue weighted by Gasteiger charge is 2.32. The number of methoxy groups -OCH3 is 1. The molecule has 0 saturated carbocycles. The van der Waals surface area contributed by atoms with Gasteiger partial charge in [-0.3, -0.25) is 4.79 Å². The molecule has 238 valence electrons. The summed E-state index contributed by atoms with van der Waals surface area (Å²) in [5.41, 5.74) is 5.04. The van der Waals surface area contributed by atoms with Gasteiger partial charge < -0.3 is 29.6 Å². The van der Waals surface area contributed by atoms with E-state index >= 15 is 0 Å². The van der Waals surface area contributed by atoms with Crippen LogP contribution in [0.2, 0.25) is 10.0 Å². The maximum atomic E-state index is 12.6. The van der Waals surface area contributed by atoms with Crippen LogP contribution >= 0.6 is 23.2 Å². The number of benzene rings is 3. The Morgan fingerprint density at radius 1 is 1.11 bits per heavy atom. The van der Waals surface area contributed by atoms with E-state index in [0.717, 1.165) is 0 Å². The summed E-state index contributed by atoms with van der Waals surface area (Å²) >= 11 is 12.5. The van der Waals surface area contributed by atoms with Gasteiger partial charge >= 0.3 is 12.0 Å². The van der Waals surface area contributed by atoms with Crippen molar-refractivity contribution in [3.8, 4) is 23.3 Å². The van der Waals surface area contributed by atoms with Crippen LogP contribution in [0.4, 0.5) is 4.79 Å². The molecule has 1 atom stereocenters. The fourth-order valence-electron chi connectivity index (χ4n) is 4.49. The zero-order chi connectivity index (χ0) is 33.2. The molecule has 3 aromatic carbocycles. The molecule has 4 rings (SSSR count). The van der Waals surface area contributed by atoms with Crippen LogP contribution in [0.15, 0.2) is 71.0 Å². The number of ether oxygens (including phenoxy) is 4. The largest absolute Gasteiger partial charge is 0.493 e. The topological polar surface area (TPSA) is 160 Å². The number of nitrogens with zero attached hydrogens (tertiary/aromatic N) is 2. The highest BCUT2D eigenvalue weighted by atomic mass is 35.5. The van der Waals surface area contributed by atoms with E-state index in [9.17, 15) is 19.6 Å². The third-order valence-electron chi connectivity index (χ3n) is 6.58. The molecule has 46 heavy (non-hydrogen) atoms. The number of carbonyl (C=O) groups is 3. The van der Waals surface area contributed by atoms with Crippen LogP contribution in [0, 0.1) is 11.3 Å². The average Bonchev–Trinajstić information content (AvgIpc) is 3.03. The lowest BCUT2D eigenvalue weighted by Gasteiger charge is -2.28. The number of amides is 3. The van der Waals surface area contributed by atoms with Gasteiger partial charge in [-0.05, 0) is 49.7 Å². The van der Waals surface area contributed by atoms with Crippen molar-refractivity contribution in [1.82, 2.24) is 16.1 Å². The summed E-state index contributed by atoms with van der Waals surface area (Å²) in [5, 5.41) is 19.2. The predicted octanol–water partition coefficient (Wildman–Crippen LogP) is 5.17. The third-order valence-corrected chi connectivity index (χ3v) is 7.08. The first-order valence-electron chi connectivity index (χ1n) is 13.8. The number of hydrazone groups is 1. The summed E-state index contributed by atoms with van der Waals surface area (Å²) in [4.78, 5) is 37.4. The number of hydrogen-bond donors (Lipinski definition) is 3. The van der Waals surface area contributed by atoms with Gasteiger partial charge in [-0.15, -0.1) is 0 Å². The lowest BCUT2D eigenvalue weighted by Crippen LogP contribution is -2.45. The second-order valence-electron chi connectivity index (χ2n) is 9.65. The third kappa shape index (κ3) is 8.26. The van der Waals surface area contributed by atoms with Crippen LogP contribution in [-0.2, 0) is 20.9 Å². The number of allylic oxidation sites excluding steroid dienone is 1. The summed E-state index contributed by atoms with van der Waals surface area (Å²) in [5.74, 6) is -0.402. The van der Waals surface area contributed by atoms with E-state index in [0.29, 0.717) is 33.0 Å². The van der Waals surface area contributed by atoms with E-state index in [2.05, 4.69) is 27.2 Å². The highest BCUT2D eigenvalue weighted by molar-refractivity contribution is 6.36. The van der Waals surface area contributed by atoms with Crippen LogP contribution in [-0.4, -0.2) is 44.4 Å². The fraction of sp³-hybridized carbons (Fsp3) is 0.219. The van der Waals surface area contributed by atoms with Crippen LogP contribution < -0.4 is 30.3 Å².